The van der Waals surface area contributed by atoms with Crippen LogP contribution in [0.2, 0.25) is 0 Å². The molecule has 0 saturated carbocycles. The molecule has 2 nitrogen and oxygen atoms in total. The van der Waals surface area contributed by atoms with Crippen LogP contribution in [-0.4, -0.2) is 31.1 Å². The summed E-state index contributed by atoms with van der Waals surface area (Å²) < 4.78 is 5.77. The second-order valence-electron chi connectivity index (χ2n) is 3.63. The highest BCUT2D eigenvalue weighted by Gasteiger charge is 2.17. The topological polar surface area (TPSA) is 12.5 Å². The Hall–Kier alpha value is -1.02. The van der Waals surface area contributed by atoms with Gasteiger partial charge in [-0.05, 0) is 32.0 Å². The van der Waals surface area contributed by atoms with Crippen LogP contribution >= 0.6 is 0 Å². The van der Waals surface area contributed by atoms with Crippen molar-refractivity contribution in [3.8, 4) is 0 Å². The van der Waals surface area contributed by atoms with Crippen molar-refractivity contribution >= 4 is 0 Å². The first-order valence-electron chi connectivity index (χ1n) is 5.06. The highest BCUT2D eigenvalue weighted by atomic mass is 16.5. The molecule has 0 N–H and O–H groups in total. The van der Waals surface area contributed by atoms with Gasteiger partial charge >= 0.3 is 0 Å². The minimum absolute atomic E-state index is 0.343. The van der Waals surface area contributed by atoms with Crippen LogP contribution < -0.4 is 0 Å². The van der Waals surface area contributed by atoms with Gasteiger partial charge in [0.1, 0.15) is 11.9 Å². The van der Waals surface area contributed by atoms with Gasteiger partial charge in [0.05, 0.1) is 0 Å². The predicted molar refractivity (Wildman–Crippen MR) is 60.1 cm³/mol. The number of likely N-dealkylation sites (tertiary alicyclic amines) is 1. The maximum Gasteiger partial charge on any atom is 0.119 e. The molecule has 1 fully saturated rings. The summed E-state index contributed by atoms with van der Waals surface area (Å²) in [6.07, 6.45) is 7.85. The van der Waals surface area contributed by atoms with E-state index in [1.807, 2.05) is 6.08 Å². The largest absolute Gasteiger partial charge is 0.490 e. The molecule has 0 spiro atoms. The van der Waals surface area contributed by atoms with Crippen molar-refractivity contribution in [2.24, 2.45) is 0 Å². The van der Waals surface area contributed by atoms with Gasteiger partial charge in [-0.15, -0.1) is 0 Å². The molecule has 0 radical (unpaired) electrons. The molecule has 1 heterocycles. The van der Waals surface area contributed by atoms with Gasteiger partial charge < -0.3 is 9.64 Å². The molecule has 0 aromatic carbocycles. The highest BCUT2D eigenvalue weighted by Crippen LogP contribution is 2.16. The standard InChI is InChI=1S/C12H19NO/c1-4-6-11(5-2)14-12-7-9-13(3)10-8-12/h4-6,12H,1-2,7-10H2,3H3/b11-6+. The fraction of sp³-hybridized carbons (Fsp3) is 0.500. The molecule has 78 valence electrons. The third-order valence-corrected chi connectivity index (χ3v) is 2.45. The second kappa shape index (κ2) is 5.66. The van der Waals surface area contributed by atoms with Crippen LogP contribution in [0, 0.1) is 0 Å². The average molecular weight is 193 g/mol. The molecule has 0 amide bonds. The zero-order chi connectivity index (χ0) is 10.4. The van der Waals surface area contributed by atoms with Crippen LogP contribution in [0.3, 0.4) is 0 Å². The first kappa shape index (κ1) is 11.1. The van der Waals surface area contributed by atoms with Crippen LogP contribution in [0.15, 0.2) is 37.1 Å². The molecular weight excluding hydrogens is 174 g/mol. The summed E-state index contributed by atoms with van der Waals surface area (Å²) in [5.74, 6) is 0.828. The van der Waals surface area contributed by atoms with Crippen molar-refractivity contribution in [3.63, 3.8) is 0 Å². The van der Waals surface area contributed by atoms with Crippen LogP contribution in [-0.2, 0) is 4.74 Å². The normalized spacial score (nSPS) is 20.5. The number of hydrogen-bond acceptors (Lipinski definition) is 2. The quantitative estimate of drug-likeness (QED) is 0.502. The number of hydrogen-bond donors (Lipinski definition) is 0. The summed E-state index contributed by atoms with van der Waals surface area (Å²) in [5, 5.41) is 0. The van der Waals surface area contributed by atoms with Crippen molar-refractivity contribution in [2.45, 2.75) is 18.9 Å². The average Bonchev–Trinajstić information content (AvgIpc) is 2.20. The number of nitrogens with zero attached hydrogens (tertiary/aromatic N) is 1. The maximum atomic E-state index is 5.77. The molecule has 0 unspecified atom stereocenters. The highest BCUT2D eigenvalue weighted by molar-refractivity contribution is 5.15. The van der Waals surface area contributed by atoms with Gasteiger partial charge in [0, 0.05) is 13.1 Å². The summed E-state index contributed by atoms with van der Waals surface area (Å²) in [6.45, 7) is 9.58. The van der Waals surface area contributed by atoms with Crippen molar-refractivity contribution in [1.82, 2.24) is 4.90 Å². The molecule has 0 bridgehead atoms. The Morgan fingerprint density at radius 2 is 2.00 bits per heavy atom. The van der Waals surface area contributed by atoms with Crippen molar-refractivity contribution in [1.29, 1.82) is 0 Å². The Morgan fingerprint density at radius 1 is 1.36 bits per heavy atom. The van der Waals surface area contributed by atoms with Crippen molar-refractivity contribution in [3.05, 3.63) is 37.1 Å². The lowest BCUT2D eigenvalue weighted by Gasteiger charge is -2.29. The van der Waals surface area contributed by atoms with Crippen LogP contribution in [0.25, 0.3) is 0 Å². The van der Waals surface area contributed by atoms with E-state index >= 15 is 0 Å². The van der Waals surface area contributed by atoms with Gasteiger partial charge in [0.2, 0.25) is 0 Å². The van der Waals surface area contributed by atoms with Gasteiger partial charge in [-0.1, -0.05) is 19.2 Å². The van der Waals surface area contributed by atoms with Gasteiger partial charge in [-0.3, -0.25) is 0 Å². The van der Waals surface area contributed by atoms with Gasteiger partial charge in [-0.2, -0.15) is 0 Å². The van der Waals surface area contributed by atoms with Gasteiger partial charge in [0.25, 0.3) is 0 Å². The van der Waals surface area contributed by atoms with E-state index in [9.17, 15) is 0 Å². The predicted octanol–water partition coefficient (Wildman–Crippen LogP) is 2.35. The molecule has 0 aromatic heterocycles. The molecule has 1 aliphatic heterocycles. The molecular formula is C12H19NO. The minimum Gasteiger partial charge on any atom is -0.490 e. The van der Waals surface area contributed by atoms with Crippen LogP contribution in [0.1, 0.15) is 12.8 Å². The molecule has 1 aliphatic rings. The lowest BCUT2D eigenvalue weighted by molar-refractivity contribution is 0.0643. The minimum atomic E-state index is 0.343. The number of ether oxygens (including phenoxy) is 1. The van der Waals surface area contributed by atoms with E-state index in [1.165, 1.54) is 0 Å². The summed E-state index contributed by atoms with van der Waals surface area (Å²) >= 11 is 0. The zero-order valence-electron chi connectivity index (χ0n) is 8.91. The molecule has 1 saturated heterocycles. The van der Waals surface area contributed by atoms with E-state index in [2.05, 4.69) is 25.1 Å². The van der Waals surface area contributed by atoms with E-state index in [1.54, 1.807) is 12.2 Å². The SMILES string of the molecule is C=C/C=C(\C=C)OC1CCN(C)CC1. The molecule has 14 heavy (non-hydrogen) atoms. The molecule has 2 heteroatoms. The Labute approximate surface area is 86.6 Å². The van der Waals surface area contributed by atoms with E-state index in [-0.39, 0.29) is 0 Å². The Kier molecular flexibility index (Phi) is 4.47. The van der Waals surface area contributed by atoms with E-state index < -0.39 is 0 Å². The van der Waals surface area contributed by atoms with Gasteiger partial charge in [-0.25, -0.2) is 0 Å². The smallest absolute Gasteiger partial charge is 0.119 e. The third kappa shape index (κ3) is 3.38. The van der Waals surface area contributed by atoms with Crippen molar-refractivity contribution < 1.29 is 4.74 Å². The van der Waals surface area contributed by atoms with Crippen LogP contribution in [0.5, 0.6) is 0 Å². The first-order chi connectivity index (χ1) is 6.76. The molecule has 0 aromatic rings. The number of rotatable bonds is 4. The van der Waals surface area contributed by atoms with E-state index in [0.717, 1.165) is 31.7 Å². The fourth-order valence-corrected chi connectivity index (χ4v) is 1.57. The molecule has 1 rings (SSSR count). The monoisotopic (exact) mass is 193 g/mol. The summed E-state index contributed by atoms with van der Waals surface area (Å²) in [7, 11) is 2.14. The summed E-state index contributed by atoms with van der Waals surface area (Å²) in [6, 6.07) is 0. The number of allylic oxidation sites excluding steroid dienone is 3. The Bertz CT molecular complexity index is 224. The number of piperidine rings is 1. The Balaban J connectivity index is 2.39. The lowest BCUT2D eigenvalue weighted by atomic mass is 10.1. The van der Waals surface area contributed by atoms with Gasteiger partial charge in [0.15, 0.2) is 0 Å². The summed E-state index contributed by atoms with van der Waals surface area (Å²) in [5.41, 5.74) is 0. The van der Waals surface area contributed by atoms with Crippen LogP contribution in [0.4, 0.5) is 0 Å². The molecule has 0 atom stereocenters. The lowest BCUT2D eigenvalue weighted by Crippen LogP contribution is -2.34. The van der Waals surface area contributed by atoms with Crippen molar-refractivity contribution in [2.75, 3.05) is 20.1 Å². The van der Waals surface area contributed by atoms with E-state index in [4.69, 9.17) is 4.74 Å². The second-order valence-corrected chi connectivity index (χ2v) is 3.63. The fourth-order valence-electron chi connectivity index (χ4n) is 1.57. The zero-order valence-corrected chi connectivity index (χ0v) is 8.91. The summed E-state index contributed by atoms with van der Waals surface area (Å²) in [4.78, 5) is 2.32. The third-order valence-electron chi connectivity index (χ3n) is 2.45. The first-order valence-corrected chi connectivity index (χ1v) is 5.06. The molecule has 0 aliphatic carbocycles. The maximum absolute atomic E-state index is 5.77. The van der Waals surface area contributed by atoms with E-state index in [0.29, 0.717) is 6.10 Å². The Morgan fingerprint density at radius 3 is 2.50 bits per heavy atom.